The van der Waals surface area contributed by atoms with Crippen LogP contribution in [-0.4, -0.2) is 27.3 Å². The number of non-ortho nitro benzene ring substituents is 1. The van der Waals surface area contributed by atoms with Crippen LogP contribution in [0.2, 0.25) is 0 Å². The van der Waals surface area contributed by atoms with E-state index < -0.39 is 12.2 Å². The summed E-state index contributed by atoms with van der Waals surface area (Å²) < 4.78 is 5.62. The molecule has 128 valence electrons. The maximum absolute atomic E-state index is 11.4. The van der Waals surface area contributed by atoms with Gasteiger partial charge in [0.15, 0.2) is 0 Å². The van der Waals surface area contributed by atoms with Crippen LogP contribution in [0.15, 0.2) is 42.5 Å². The van der Waals surface area contributed by atoms with Crippen LogP contribution in [0.3, 0.4) is 0 Å². The summed E-state index contributed by atoms with van der Waals surface area (Å²) in [5.41, 5.74) is 1.65. The Balaban J connectivity index is 1.82. The smallest absolute Gasteiger partial charge is 0.277 e. The summed E-state index contributed by atoms with van der Waals surface area (Å²) in [6, 6.07) is 12.7. The molecule has 0 spiro atoms. The minimum atomic E-state index is -0.995. The van der Waals surface area contributed by atoms with Crippen molar-refractivity contribution >= 4 is 38.0 Å². The topological polar surface area (TPSA) is 96.1 Å². The van der Waals surface area contributed by atoms with Gasteiger partial charge < -0.3 is 14.9 Å². The van der Waals surface area contributed by atoms with Crippen molar-refractivity contribution in [1.29, 1.82) is 0 Å². The number of nitrogens with zero attached hydrogens (tertiary/aromatic N) is 1. The van der Waals surface area contributed by atoms with Crippen molar-refractivity contribution in [2.75, 3.05) is 0 Å². The molecule has 1 heterocycles. The molecule has 0 radical (unpaired) electrons. The highest BCUT2D eigenvalue weighted by Crippen LogP contribution is 2.54. The Hall–Kier alpha value is -2.80. The van der Waals surface area contributed by atoms with E-state index in [0.29, 0.717) is 10.9 Å². The molecule has 1 saturated heterocycles. The molecule has 6 nitrogen and oxygen atoms in total. The third-order valence-corrected chi connectivity index (χ3v) is 5.82. The van der Waals surface area contributed by atoms with E-state index in [1.54, 1.807) is 12.1 Å². The van der Waals surface area contributed by atoms with Gasteiger partial charge in [-0.2, -0.15) is 0 Å². The Morgan fingerprint density at radius 2 is 1.65 bits per heavy atom. The van der Waals surface area contributed by atoms with Gasteiger partial charge in [0.25, 0.3) is 5.69 Å². The molecule has 6 rings (SSSR count). The van der Waals surface area contributed by atoms with Crippen molar-refractivity contribution in [3.63, 3.8) is 0 Å². The maximum Gasteiger partial charge on any atom is 0.277 e. The van der Waals surface area contributed by atoms with Crippen LogP contribution < -0.4 is 0 Å². The maximum atomic E-state index is 11.4. The van der Waals surface area contributed by atoms with E-state index in [1.165, 1.54) is 6.07 Å². The number of hydrogen-bond acceptors (Lipinski definition) is 5. The van der Waals surface area contributed by atoms with E-state index in [1.807, 2.05) is 24.3 Å². The second kappa shape index (κ2) is 4.48. The molecule has 0 amide bonds. The Labute approximate surface area is 146 Å². The number of nitro groups is 1. The summed E-state index contributed by atoms with van der Waals surface area (Å²) in [5, 5.41) is 37.3. The first kappa shape index (κ1) is 14.4. The first-order valence-electron chi connectivity index (χ1n) is 8.46. The minimum absolute atomic E-state index is 0.0839. The van der Waals surface area contributed by atoms with E-state index in [0.717, 1.165) is 32.5 Å². The molecule has 2 N–H and O–H groups in total. The Kier molecular flexibility index (Phi) is 2.48. The van der Waals surface area contributed by atoms with Gasteiger partial charge in [-0.05, 0) is 50.9 Å². The van der Waals surface area contributed by atoms with Crippen molar-refractivity contribution in [3.05, 3.63) is 63.7 Å². The third kappa shape index (κ3) is 1.57. The molecule has 0 bridgehead atoms. The number of hydrogen-bond donors (Lipinski definition) is 2. The standard InChI is InChI=1S/C20H13NO5/c22-17-12-7-9-2-1-8-3-6-13(21(24)25)10-4-5-11(15(9)14(8)10)16(12)19-20(26-19)18(17)23/h1-7,17-20,22-23H/t17-,18+,19?,20?/m1/s1. The van der Waals surface area contributed by atoms with Crippen LogP contribution in [0.25, 0.3) is 32.3 Å². The zero-order valence-corrected chi connectivity index (χ0v) is 13.4. The Morgan fingerprint density at radius 1 is 0.962 bits per heavy atom. The summed E-state index contributed by atoms with van der Waals surface area (Å²) in [6.45, 7) is 0. The summed E-state index contributed by atoms with van der Waals surface area (Å²) in [5.74, 6) is 0. The van der Waals surface area contributed by atoms with Gasteiger partial charge in [0.1, 0.15) is 24.4 Å². The first-order valence-corrected chi connectivity index (χ1v) is 8.46. The molecule has 4 atom stereocenters. The van der Waals surface area contributed by atoms with Crippen LogP contribution in [-0.2, 0) is 4.74 Å². The number of aliphatic hydroxyl groups excluding tert-OH is 2. The summed E-state index contributed by atoms with van der Waals surface area (Å²) in [4.78, 5) is 11.1. The van der Waals surface area contributed by atoms with Gasteiger partial charge in [0.2, 0.25) is 0 Å². The lowest BCUT2D eigenvalue weighted by Gasteiger charge is -2.25. The van der Waals surface area contributed by atoms with Crippen molar-refractivity contribution in [2.45, 2.75) is 24.4 Å². The van der Waals surface area contributed by atoms with Crippen LogP contribution in [0, 0.1) is 10.1 Å². The zero-order chi connectivity index (χ0) is 17.7. The summed E-state index contributed by atoms with van der Waals surface area (Å²) >= 11 is 0. The molecular weight excluding hydrogens is 334 g/mol. The average molecular weight is 347 g/mol. The number of nitro benzene ring substituents is 1. The second-order valence-electron chi connectivity index (χ2n) is 7.10. The average Bonchev–Trinajstić information content (AvgIpc) is 3.43. The number of aliphatic hydroxyl groups is 2. The third-order valence-electron chi connectivity index (χ3n) is 5.82. The monoisotopic (exact) mass is 347 g/mol. The Bertz CT molecular complexity index is 1250. The lowest BCUT2D eigenvalue weighted by molar-refractivity contribution is -0.383. The van der Waals surface area contributed by atoms with E-state index in [4.69, 9.17) is 4.74 Å². The number of ether oxygens (including phenoxy) is 1. The van der Waals surface area contributed by atoms with E-state index in [9.17, 15) is 20.3 Å². The van der Waals surface area contributed by atoms with Gasteiger partial charge in [-0.25, -0.2) is 0 Å². The predicted octanol–water partition coefficient (Wildman–Crippen LogP) is 3.34. The number of rotatable bonds is 1. The highest BCUT2D eigenvalue weighted by Gasteiger charge is 2.54. The van der Waals surface area contributed by atoms with Gasteiger partial charge in [-0.15, -0.1) is 0 Å². The molecule has 4 aromatic rings. The van der Waals surface area contributed by atoms with Crippen LogP contribution in [0.1, 0.15) is 23.3 Å². The van der Waals surface area contributed by atoms with Crippen LogP contribution >= 0.6 is 0 Å². The van der Waals surface area contributed by atoms with Crippen LogP contribution in [0.4, 0.5) is 5.69 Å². The molecular formula is C20H13NO5. The van der Waals surface area contributed by atoms with Crippen molar-refractivity contribution in [3.8, 4) is 0 Å². The molecule has 0 aromatic heterocycles. The normalized spacial score (nSPS) is 27.0. The lowest BCUT2D eigenvalue weighted by atomic mass is 9.81. The van der Waals surface area contributed by atoms with E-state index in [-0.39, 0.29) is 22.8 Å². The fourth-order valence-corrected chi connectivity index (χ4v) is 4.61. The molecule has 1 fully saturated rings. The number of fused-ring (bicyclic) bond motifs is 4. The quantitative estimate of drug-likeness (QED) is 0.238. The molecule has 6 heteroatoms. The summed E-state index contributed by atoms with van der Waals surface area (Å²) in [6.07, 6.45) is -2.54. The SMILES string of the molecule is O=[N+]([O-])c1ccc2ccc3cc4c(c5ccc1c2c35)C1OC1[C@@H](O)[C@@H]4O. The van der Waals surface area contributed by atoms with Crippen molar-refractivity contribution in [2.24, 2.45) is 0 Å². The highest BCUT2D eigenvalue weighted by atomic mass is 16.6. The minimum Gasteiger partial charge on any atom is -0.387 e. The molecule has 2 aliphatic rings. The number of epoxide rings is 1. The highest BCUT2D eigenvalue weighted by molar-refractivity contribution is 6.25. The first-order chi connectivity index (χ1) is 12.6. The van der Waals surface area contributed by atoms with Crippen molar-refractivity contribution in [1.82, 2.24) is 0 Å². The van der Waals surface area contributed by atoms with Crippen LogP contribution in [0.5, 0.6) is 0 Å². The molecule has 1 aliphatic carbocycles. The van der Waals surface area contributed by atoms with Gasteiger partial charge in [0.05, 0.1) is 10.3 Å². The fraction of sp³-hybridized carbons (Fsp3) is 0.200. The van der Waals surface area contributed by atoms with E-state index in [2.05, 4.69) is 0 Å². The zero-order valence-electron chi connectivity index (χ0n) is 13.4. The molecule has 1 aliphatic heterocycles. The van der Waals surface area contributed by atoms with E-state index >= 15 is 0 Å². The molecule has 26 heavy (non-hydrogen) atoms. The fourth-order valence-electron chi connectivity index (χ4n) is 4.61. The number of benzene rings is 4. The summed E-state index contributed by atoms with van der Waals surface area (Å²) in [7, 11) is 0. The second-order valence-corrected chi connectivity index (χ2v) is 7.10. The predicted molar refractivity (Wildman–Crippen MR) is 95.4 cm³/mol. The van der Waals surface area contributed by atoms with Gasteiger partial charge in [-0.3, -0.25) is 10.1 Å². The van der Waals surface area contributed by atoms with Gasteiger partial charge in [-0.1, -0.05) is 18.2 Å². The largest absolute Gasteiger partial charge is 0.387 e. The Morgan fingerprint density at radius 3 is 2.46 bits per heavy atom. The molecule has 4 aromatic carbocycles. The van der Waals surface area contributed by atoms with Gasteiger partial charge >= 0.3 is 0 Å². The molecule has 2 unspecified atom stereocenters. The molecule has 0 saturated carbocycles. The lowest BCUT2D eigenvalue weighted by Crippen LogP contribution is -2.29. The van der Waals surface area contributed by atoms with Crippen molar-refractivity contribution < 1.29 is 19.9 Å². The van der Waals surface area contributed by atoms with Gasteiger partial charge in [0, 0.05) is 11.5 Å².